The average Bonchev–Trinajstić information content (AvgIpc) is 2.91. The van der Waals surface area contributed by atoms with E-state index in [0.717, 1.165) is 44.7 Å². The fraction of sp³-hybridized carbons (Fsp3) is 0.355. The van der Waals surface area contributed by atoms with Crippen molar-refractivity contribution >= 4 is 17.3 Å². The van der Waals surface area contributed by atoms with Crippen molar-refractivity contribution in [2.45, 2.75) is 39.7 Å². The highest BCUT2D eigenvalue weighted by Gasteiger charge is 2.28. The van der Waals surface area contributed by atoms with E-state index >= 15 is 0 Å². The van der Waals surface area contributed by atoms with Gasteiger partial charge in [-0.15, -0.1) is 0 Å². The predicted molar refractivity (Wildman–Crippen MR) is 147 cm³/mol. The summed E-state index contributed by atoms with van der Waals surface area (Å²) in [5, 5.41) is 12.9. The van der Waals surface area contributed by atoms with Gasteiger partial charge in [0, 0.05) is 37.8 Å². The van der Waals surface area contributed by atoms with Crippen LogP contribution in [0.1, 0.15) is 55.0 Å². The van der Waals surface area contributed by atoms with E-state index in [1.807, 2.05) is 32.0 Å². The van der Waals surface area contributed by atoms with Crippen LogP contribution in [0.15, 0.2) is 72.8 Å². The second kappa shape index (κ2) is 11.9. The van der Waals surface area contributed by atoms with Gasteiger partial charge in [0.05, 0.1) is 17.3 Å². The van der Waals surface area contributed by atoms with Crippen molar-refractivity contribution < 1.29 is 4.79 Å². The van der Waals surface area contributed by atoms with E-state index in [2.05, 4.69) is 82.7 Å². The summed E-state index contributed by atoms with van der Waals surface area (Å²) in [5.74, 6) is 0.0162. The lowest BCUT2D eigenvalue weighted by molar-refractivity contribution is -0.120. The minimum Gasteiger partial charge on any atom is -0.368 e. The number of aryl methyl sites for hydroxylation is 1. The number of hydrogen-bond acceptors (Lipinski definition) is 4. The Hall–Kier alpha value is -3.62. The molecule has 186 valence electrons. The van der Waals surface area contributed by atoms with Gasteiger partial charge in [0.15, 0.2) is 0 Å². The summed E-state index contributed by atoms with van der Waals surface area (Å²) in [5.41, 5.74) is 6.16. The molecule has 1 fully saturated rings. The Labute approximate surface area is 215 Å². The largest absolute Gasteiger partial charge is 0.368 e. The summed E-state index contributed by atoms with van der Waals surface area (Å²) >= 11 is 0. The van der Waals surface area contributed by atoms with E-state index in [9.17, 15) is 10.1 Å². The van der Waals surface area contributed by atoms with Crippen LogP contribution >= 0.6 is 0 Å². The molecule has 1 unspecified atom stereocenters. The molecule has 1 heterocycles. The molecule has 1 aliphatic heterocycles. The van der Waals surface area contributed by atoms with Gasteiger partial charge in [0.1, 0.15) is 6.07 Å². The number of carbonyl (C=O) groups excluding carboxylic acids is 1. The Morgan fingerprint density at radius 2 is 1.61 bits per heavy atom. The zero-order valence-electron chi connectivity index (χ0n) is 21.6. The van der Waals surface area contributed by atoms with E-state index < -0.39 is 0 Å². The van der Waals surface area contributed by atoms with E-state index in [1.165, 1.54) is 16.7 Å². The Kier molecular flexibility index (Phi) is 8.40. The zero-order chi connectivity index (χ0) is 25.5. The summed E-state index contributed by atoms with van der Waals surface area (Å²) in [7, 11) is 0. The van der Waals surface area contributed by atoms with Gasteiger partial charge in [-0.1, -0.05) is 68.4 Å². The molecule has 1 amide bonds. The fourth-order valence-corrected chi connectivity index (χ4v) is 5.22. The van der Waals surface area contributed by atoms with Crippen LogP contribution in [0, 0.1) is 24.2 Å². The molecule has 0 spiro atoms. The summed E-state index contributed by atoms with van der Waals surface area (Å²) in [6, 6.07) is 27.6. The molecular formula is C31H36N4O. The molecule has 1 N–H and O–H groups in total. The average molecular weight is 481 g/mol. The first-order valence-electron chi connectivity index (χ1n) is 13.0. The van der Waals surface area contributed by atoms with Gasteiger partial charge in [-0.05, 0) is 54.7 Å². The van der Waals surface area contributed by atoms with Crippen LogP contribution in [-0.2, 0) is 4.79 Å². The number of rotatable bonds is 8. The highest BCUT2D eigenvalue weighted by Crippen LogP contribution is 2.33. The van der Waals surface area contributed by atoms with E-state index in [0.29, 0.717) is 11.3 Å². The molecule has 0 aromatic heterocycles. The smallest absolute Gasteiger partial charge is 0.227 e. The van der Waals surface area contributed by atoms with Crippen LogP contribution in [0.5, 0.6) is 0 Å². The number of piperazine rings is 1. The predicted octanol–water partition coefficient (Wildman–Crippen LogP) is 6.15. The van der Waals surface area contributed by atoms with Crippen LogP contribution in [-0.4, -0.2) is 37.0 Å². The number of nitriles is 1. The second-order valence-corrected chi connectivity index (χ2v) is 9.54. The molecule has 4 rings (SSSR count). The Morgan fingerprint density at radius 3 is 2.25 bits per heavy atom. The van der Waals surface area contributed by atoms with Gasteiger partial charge < -0.3 is 10.2 Å². The minimum absolute atomic E-state index is 0.00546. The number of carbonyl (C=O) groups is 1. The molecule has 36 heavy (non-hydrogen) atoms. The molecule has 0 bridgehead atoms. The van der Waals surface area contributed by atoms with Crippen LogP contribution in [0.3, 0.4) is 0 Å². The van der Waals surface area contributed by atoms with Gasteiger partial charge in [-0.25, -0.2) is 0 Å². The van der Waals surface area contributed by atoms with E-state index in [4.69, 9.17) is 0 Å². The molecular weight excluding hydrogens is 444 g/mol. The molecule has 3 aromatic rings. The quantitative estimate of drug-likeness (QED) is 0.420. The van der Waals surface area contributed by atoms with Gasteiger partial charge in [-0.3, -0.25) is 9.69 Å². The number of benzene rings is 3. The maximum Gasteiger partial charge on any atom is 0.227 e. The van der Waals surface area contributed by atoms with Gasteiger partial charge in [0.2, 0.25) is 5.91 Å². The molecule has 5 nitrogen and oxygen atoms in total. The third-order valence-corrected chi connectivity index (χ3v) is 7.36. The molecule has 1 aliphatic rings. The zero-order valence-corrected chi connectivity index (χ0v) is 21.6. The lowest BCUT2D eigenvalue weighted by Crippen LogP contribution is -2.48. The van der Waals surface area contributed by atoms with Gasteiger partial charge >= 0.3 is 0 Å². The van der Waals surface area contributed by atoms with Gasteiger partial charge in [-0.2, -0.15) is 5.26 Å². The van der Waals surface area contributed by atoms with Crippen molar-refractivity contribution in [2.75, 3.05) is 36.4 Å². The molecule has 3 aromatic carbocycles. The monoisotopic (exact) mass is 480 g/mol. The van der Waals surface area contributed by atoms with Gasteiger partial charge in [0.25, 0.3) is 0 Å². The normalized spacial score (nSPS) is 14.9. The van der Waals surface area contributed by atoms with Crippen LogP contribution < -0.4 is 10.2 Å². The van der Waals surface area contributed by atoms with Crippen molar-refractivity contribution in [2.24, 2.45) is 5.92 Å². The SMILES string of the molecule is CCC(CC)C(=O)Nc1ccc(N2CCN(C(c3ccccc3)c3ccccc3C)CC2)c(C#N)c1. The van der Waals surface area contributed by atoms with E-state index in [1.54, 1.807) is 0 Å². The maximum absolute atomic E-state index is 12.5. The molecule has 1 saturated heterocycles. The van der Waals surface area contributed by atoms with E-state index in [-0.39, 0.29) is 17.9 Å². The van der Waals surface area contributed by atoms with Crippen molar-refractivity contribution in [1.29, 1.82) is 5.26 Å². The number of anilines is 2. The molecule has 0 radical (unpaired) electrons. The Bertz CT molecular complexity index is 1200. The van der Waals surface area contributed by atoms with Crippen LogP contribution in [0.25, 0.3) is 0 Å². The molecule has 0 saturated carbocycles. The third-order valence-electron chi connectivity index (χ3n) is 7.36. The Balaban J connectivity index is 1.51. The maximum atomic E-state index is 12.5. The third kappa shape index (κ3) is 5.61. The lowest BCUT2D eigenvalue weighted by Gasteiger charge is -2.41. The minimum atomic E-state index is -0.00546. The van der Waals surface area contributed by atoms with Crippen molar-refractivity contribution in [3.8, 4) is 6.07 Å². The number of nitrogens with zero attached hydrogens (tertiary/aromatic N) is 3. The number of amides is 1. The summed E-state index contributed by atoms with van der Waals surface area (Å²) in [6.45, 7) is 9.70. The Morgan fingerprint density at radius 1 is 0.944 bits per heavy atom. The first kappa shape index (κ1) is 25.5. The highest BCUT2D eigenvalue weighted by molar-refractivity contribution is 5.93. The second-order valence-electron chi connectivity index (χ2n) is 9.54. The first-order chi connectivity index (χ1) is 17.5. The summed E-state index contributed by atoms with van der Waals surface area (Å²) in [4.78, 5) is 17.3. The topological polar surface area (TPSA) is 59.4 Å². The first-order valence-corrected chi connectivity index (χ1v) is 13.0. The summed E-state index contributed by atoms with van der Waals surface area (Å²) < 4.78 is 0. The van der Waals surface area contributed by atoms with Crippen molar-refractivity contribution in [3.05, 3.63) is 95.1 Å². The highest BCUT2D eigenvalue weighted by atomic mass is 16.1. The van der Waals surface area contributed by atoms with Crippen LogP contribution in [0.4, 0.5) is 11.4 Å². The van der Waals surface area contributed by atoms with Crippen molar-refractivity contribution in [3.63, 3.8) is 0 Å². The standard InChI is InChI=1S/C31H36N4O/c1-4-24(5-2)31(36)33-27-15-16-29(26(21-27)22-32)34-17-19-35(20-18-34)30(25-12-7-6-8-13-25)28-14-10-9-11-23(28)3/h6-16,21,24,30H,4-5,17-20H2,1-3H3,(H,33,36). The number of nitrogens with one attached hydrogen (secondary N) is 1. The fourth-order valence-electron chi connectivity index (χ4n) is 5.22. The molecule has 5 heteroatoms. The lowest BCUT2D eigenvalue weighted by atomic mass is 9.93. The number of hydrogen-bond donors (Lipinski definition) is 1. The van der Waals surface area contributed by atoms with Crippen LogP contribution in [0.2, 0.25) is 0 Å². The summed E-state index contributed by atoms with van der Waals surface area (Å²) in [6.07, 6.45) is 1.62. The molecule has 0 aliphatic carbocycles. The van der Waals surface area contributed by atoms with Crippen molar-refractivity contribution in [1.82, 2.24) is 4.90 Å². The molecule has 1 atom stereocenters.